The molecule has 0 unspecified atom stereocenters. The molecule has 144 valence electrons. The van der Waals surface area contributed by atoms with Gasteiger partial charge in [0.2, 0.25) is 0 Å². The third kappa shape index (κ3) is 3.60. The molecule has 6 nitrogen and oxygen atoms in total. The van der Waals surface area contributed by atoms with Gasteiger partial charge >= 0.3 is 0 Å². The fourth-order valence-corrected chi connectivity index (χ4v) is 3.40. The van der Waals surface area contributed by atoms with E-state index in [2.05, 4.69) is 15.5 Å². The summed E-state index contributed by atoms with van der Waals surface area (Å²) in [5.74, 6) is 1.41. The zero-order valence-corrected chi connectivity index (χ0v) is 15.6. The number of aromatic nitrogens is 3. The van der Waals surface area contributed by atoms with Crippen LogP contribution in [0.15, 0.2) is 42.5 Å². The van der Waals surface area contributed by atoms with Crippen LogP contribution in [0, 0.1) is 5.82 Å². The minimum absolute atomic E-state index is 0.278. The molecular formula is C21H21FN4O2. The van der Waals surface area contributed by atoms with Gasteiger partial charge in [0.25, 0.3) is 5.91 Å². The first-order valence-electron chi connectivity index (χ1n) is 9.33. The molecule has 0 spiro atoms. The molecule has 0 bridgehead atoms. The Morgan fingerprint density at radius 3 is 2.71 bits per heavy atom. The molecule has 3 aromatic rings. The van der Waals surface area contributed by atoms with E-state index in [0.717, 1.165) is 38.1 Å². The molecule has 7 heteroatoms. The molecule has 1 aliphatic heterocycles. The summed E-state index contributed by atoms with van der Waals surface area (Å²) in [6, 6.07) is 11.3. The standard InChI is InChI=1S/C21H21FN4O2/c1-28-16-9-6-14(7-10-16)21(27)23-15-8-11-18(22)17(13-15)20-25-24-19-5-3-2-4-12-26(19)20/h6-11,13H,2-5,12H2,1H3,(H,23,27). The predicted molar refractivity (Wildman–Crippen MR) is 104 cm³/mol. The maximum absolute atomic E-state index is 14.5. The number of nitrogens with zero attached hydrogens (tertiary/aromatic N) is 3. The number of carbonyl (C=O) groups excluding carboxylic acids is 1. The Morgan fingerprint density at radius 2 is 1.93 bits per heavy atom. The number of anilines is 1. The first kappa shape index (κ1) is 18.2. The average molecular weight is 380 g/mol. The van der Waals surface area contributed by atoms with E-state index >= 15 is 0 Å². The van der Waals surface area contributed by atoms with Crippen molar-refractivity contribution in [3.63, 3.8) is 0 Å². The smallest absolute Gasteiger partial charge is 0.255 e. The minimum Gasteiger partial charge on any atom is -0.497 e. The first-order valence-corrected chi connectivity index (χ1v) is 9.33. The van der Waals surface area contributed by atoms with Crippen molar-refractivity contribution in [2.24, 2.45) is 0 Å². The van der Waals surface area contributed by atoms with Crippen molar-refractivity contribution in [1.82, 2.24) is 14.8 Å². The highest BCUT2D eigenvalue weighted by Crippen LogP contribution is 2.27. The number of rotatable bonds is 4. The molecule has 28 heavy (non-hydrogen) atoms. The number of amides is 1. The maximum Gasteiger partial charge on any atom is 0.255 e. The maximum atomic E-state index is 14.5. The largest absolute Gasteiger partial charge is 0.497 e. The topological polar surface area (TPSA) is 69.0 Å². The number of ether oxygens (including phenoxy) is 1. The van der Waals surface area contributed by atoms with Gasteiger partial charge in [0, 0.05) is 24.2 Å². The number of methoxy groups -OCH3 is 1. The number of halogens is 1. The number of benzene rings is 2. The van der Waals surface area contributed by atoms with E-state index in [-0.39, 0.29) is 11.7 Å². The Morgan fingerprint density at radius 1 is 1.11 bits per heavy atom. The zero-order chi connectivity index (χ0) is 19.5. The molecule has 2 aromatic carbocycles. The van der Waals surface area contributed by atoms with E-state index in [1.807, 2.05) is 4.57 Å². The van der Waals surface area contributed by atoms with Gasteiger partial charge in [-0.15, -0.1) is 10.2 Å². The second-order valence-corrected chi connectivity index (χ2v) is 6.78. The molecule has 0 radical (unpaired) electrons. The van der Waals surface area contributed by atoms with Crippen LogP contribution in [-0.2, 0) is 13.0 Å². The van der Waals surface area contributed by atoms with Crippen molar-refractivity contribution in [2.75, 3.05) is 12.4 Å². The van der Waals surface area contributed by atoms with Crippen LogP contribution in [0.4, 0.5) is 10.1 Å². The Hall–Kier alpha value is -3.22. The van der Waals surface area contributed by atoms with Gasteiger partial charge in [-0.05, 0) is 55.3 Å². The van der Waals surface area contributed by atoms with Gasteiger partial charge in [-0.2, -0.15) is 0 Å². The van der Waals surface area contributed by atoms with Crippen molar-refractivity contribution in [3.05, 3.63) is 59.7 Å². The Kier molecular flexibility index (Phi) is 5.06. The van der Waals surface area contributed by atoms with E-state index in [1.165, 1.54) is 6.07 Å². The second kappa shape index (κ2) is 7.80. The summed E-state index contributed by atoms with van der Waals surface area (Å²) in [4.78, 5) is 12.5. The highest BCUT2D eigenvalue weighted by atomic mass is 19.1. The summed E-state index contributed by atoms with van der Waals surface area (Å²) in [5.41, 5.74) is 1.33. The minimum atomic E-state index is -0.387. The molecule has 1 amide bonds. The molecule has 0 saturated carbocycles. The number of aryl methyl sites for hydroxylation is 1. The van der Waals surface area contributed by atoms with Crippen LogP contribution < -0.4 is 10.1 Å². The monoisotopic (exact) mass is 380 g/mol. The van der Waals surface area contributed by atoms with E-state index in [0.29, 0.717) is 28.4 Å². The van der Waals surface area contributed by atoms with E-state index < -0.39 is 0 Å². The molecule has 1 aromatic heterocycles. The second-order valence-electron chi connectivity index (χ2n) is 6.78. The van der Waals surface area contributed by atoms with Crippen LogP contribution in [0.5, 0.6) is 5.75 Å². The van der Waals surface area contributed by atoms with Crippen LogP contribution in [0.2, 0.25) is 0 Å². The molecular weight excluding hydrogens is 359 g/mol. The van der Waals surface area contributed by atoms with Gasteiger partial charge in [0.05, 0.1) is 12.7 Å². The summed E-state index contributed by atoms with van der Waals surface area (Å²) >= 11 is 0. The normalized spacial score (nSPS) is 13.5. The quantitative estimate of drug-likeness (QED) is 0.741. The van der Waals surface area contributed by atoms with Crippen LogP contribution >= 0.6 is 0 Å². The van der Waals surface area contributed by atoms with Gasteiger partial charge in [0.15, 0.2) is 5.82 Å². The summed E-state index contributed by atoms with van der Waals surface area (Å²) in [5, 5.41) is 11.3. The molecule has 0 saturated heterocycles. The van der Waals surface area contributed by atoms with Crippen LogP contribution in [0.1, 0.15) is 35.4 Å². The predicted octanol–water partition coefficient (Wildman–Crippen LogP) is 4.07. The molecule has 2 heterocycles. The van der Waals surface area contributed by atoms with E-state index in [9.17, 15) is 9.18 Å². The van der Waals surface area contributed by atoms with Crippen LogP contribution in [0.3, 0.4) is 0 Å². The zero-order valence-electron chi connectivity index (χ0n) is 15.6. The Balaban J connectivity index is 1.61. The summed E-state index contributed by atoms with van der Waals surface area (Å²) in [6.07, 6.45) is 4.07. The number of nitrogens with one attached hydrogen (secondary N) is 1. The molecule has 1 aliphatic rings. The summed E-state index contributed by atoms with van der Waals surface area (Å²) < 4.78 is 21.6. The Labute approximate surface area is 162 Å². The highest BCUT2D eigenvalue weighted by Gasteiger charge is 2.19. The number of hydrogen-bond acceptors (Lipinski definition) is 4. The lowest BCUT2D eigenvalue weighted by Crippen LogP contribution is -2.12. The number of carbonyl (C=O) groups is 1. The number of hydrogen-bond donors (Lipinski definition) is 1. The van der Waals surface area contributed by atoms with Crippen molar-refractivity contribution in [1.29, 1.82) is 0 Å². The van der Waals surface area contributed by atoms with Crippen molar-refractivity contribution in [2.45, 2.75) is 32.2 Å². The third-order valence-electron chi connectivity index (χ3n) is 4.93. The van der Waals surface area contributed by atoms with Gasteiger partial charge in [-0.3, -0.25) is 4.79 Å². The SMILES string of the molecule is COc1ccc(C(=O)Nc2ccc(F)c(-c3nnc4n3CCCCC4)c2)cc1. The van der Waals surface area contributed by atoms with Crippen molar-refractivity contribution >= 4 is 11.6 Å². The van der Waals surface area contributed by atoms with Crippen molar-refractivity contribution < 1.29 is 13.9 Å². The van der Waals surface area contributed by atoms with Gasteiger partial charge in [-0.25, -0.2) is 4.39 Å². The molecule has 0 atom stereocenters. The van der Waals surface area contributed by atoms with Crippen LogP contribution in [-0.4, -0.2) is 27.8 Å². The molecule has 0 aliphatic carbocycles. The summed E-state index contributed by atoms with van der Waals surface area (Å²) in [7, 11) is 1.57. The summed E-state index contributed by atoms with van der Waals surface area (Å²) in [6.45, 7) is 0.777. The van der Waals surface area contributed by atoms with E-state index in [4.69, 9.17) is 4.74 Å². The van der Waals surface area contributed by atoms with E-state index in [1.54, 1.807) is 43.5 Å². The fourth-order valence-electron chi connectivity index (χ4n) is 3.40. The molecule has 0 fully saturated rings. The molecule has 4 rings (SSSR count). The van der Waals surface area contributed by atoms with Crippen LogP contribution in [0.25, 0.3) is 11.4 Å². The lowest BCUT2D eigenvalue weighted by atomic mass is 10.1. The first-order chi connectivity index (χ1) is 13.7. The van der Waals surface area contributed by atoms with Crippen molar-refractivity contribution in [3.8, 4) is 17.1 Å². The van der Waals surface area contributed by atoms with Gasteiger partial charge < -0.3 is 14.6 Å². The average Bonchev–Trinajstić information content (AvgIpc) is 2.97. The lowest BCUT2D eigenvalue weighted by molar-refractivity contribution is 0.102. The third-order valence-corrected chi connectivity index (χ3v) is 4.93. The van der Waals surface area contributed by atoms with Gasteiger partial charge in [-0.1, -0.05) is 6.42 Å². The number of fused-ring (bicyclic) bond motifs is 1. The van der Waals surface area contributed by atoms with Gasteiger partial charge in [0.1, 0.15) is 17.4 Å². The highest BCUT2D eigenvalue weighted by molar-refractivity contribution is 6.04. The lowest BCUT2D eigenvalue weighted by Gasteiger charge is -2.11. The molecule has 1 N–H and O–H groups in total. The fraction of sp³-hybridized carbons (Fsp3) is 0.286. The Bertz CT molecular complexity index is 998.